The number of nitrogens with zero attached hydrogens (tertiary/aromatic N) is 1. The Labute approximate surface area is 148 Å². The highest BCUT2D eigenvalue weighted by atomic mass is 32.2. The number of fused-ring (bicyclic) bond motifs is 1. The second-order valence-corrected chi connectivity index (χ2v) is 7.82. The van der Waals surface area contributed by atoms with Gasteiger partial charge in [0.05, 0.1) is 5.03 Å². The summed E-state index contributed by atoms with van der Waals surface area (Å²) in [6.45, 7) is 1.91. The number of pyridine rings is 1. The largest absolute Gasteiger partial charge is 0.480 e. The van der Waals surface area contributed by atoms with Crippen molar-refractivity contribution in [3.8, 4) is 0 Å². The molecule has 1 N–H and O–H groups in total. The van der Waals surface area contributed by atoms with Crippen molar-refractivity contribution in [3.05, 3.63) is 62.7 Å². The highest BCUT2D eigenvalue weighted by Gasteiger charge is 2.37. The fourth-order valence-corrected chi connectivity index (χ4v) is 4.94. The zero-order chi connectivity index (χ0) is 17.7. The van der Waals surface area contributed by atoms with Gasteiger partial charge in [0.1, 0.15) is 11.9 Å². The van der Waals surface area contributed by atoms with Crippen LogP contribution in [0, 0.1) is 12.7 Å². The molecule has 2 aliphatic rings. The van der Waals surface area contributed by atoms with Crippen LogP contribution in [0.4, 0.5) is 4.39 Å². The van der Waals surface area contributed by atoms with E-state index < -0.39 is 12.0 Å². The molecule has 2 heterocycles. The van der Waals surface area contributed by atoms with E-state index in [1.165, 1.54) is 28.5 Å². The van der Waals surface area contributed by atoms with Crippen LogP contribution in [0.25, 0.3) is 0 Å². The fraction of sp³-hybridized carbons (Fsp3) is 0.368. The van der Waals surface area contributed by atoms with Crippen LogP contribution in [0.3, 0.4) is 0 Å². The molecule has 6 heteroatoms. The molecular weight excluding hydrogens is 341 g/mol. The van der Waals surface area contributed by atoms with Gasteiger partial charge in [0.25, 0.3) is 5.56 Å². The van der Waals surface area contributed by atoms with Gasteiger partial charge < -0.3 is 5.11 Å². The summed E-state index contributed by atoms with van der Waals surface area (Å²) in [6, 6.07) is 5.70. The molecule has 4 rings (SSSR count). The maximum atomic E-state index is 14.2. The van der Waals surface area contributed by atoms with Crippen molar-refractivity contribution in [1.29, 1.82) is 0 Å². The van der Waals surface area contributed by atoms with Gasteiger partial charge in [-0.05, 0) is 48.4 Å². The molecule has 0 radical (unpaired) electrons. The minimum Gasteiger partial charge on any atom is -0.480 e. The smallest absolute Gasteiger partial charge is 0.327 e. The van der Waals surface area contributed by atoms with Gasteiger partial charge in [-0.15, -0.1) is 11.8 Å². The Morgan fingerprint density at radius 2 is 2.08 bits per heavy atom. The normalized spacial score (nSPS) is 19.0. The van der Waals surface area contributed by atoms with Crippen molar-refractivity contribution in [1.82, 2.24) is 4.57 Å². The van der Waals surface area contributed by atoms with Gasteiger partial charge >= 0.3 is 5.97 Å². The first kappa shape index (κ1) is 16.4. The van der Waals surface area contributed by atoms with Crippen LogP contribution < -0.4 is 5.56 Å². The van der Waals surface area contributed by atoms with Crippen molar-refractivity contribution in [2.75, 3.05) is 5.75 Å². The van der Waals surface area contributed by atoms with Gasteiger partial charge in [-0.25, -0.2) is 9.18 Å². The lowest BCUT2D eigenvalue weighted by Crippen LogP contribution is -2.29. The summed E-state index contributed by atoms with van der Waals surface area (Å²) >= 11 is 1.43. The van der Waals surface area contributed by atoms with E-state index in [4.69, 9.17) is 0 Å². The lowest BCUT2D eigenvalue weighted by molar-refractivity contribution is -0.140. The van der Waals surface area contributed by atoms with Crippen LogP contribution in [0.5, 0.6) is 0 Å². The molecule has 130 valence electrons. The molecule has 2 aromatic rings. The van der Waals surface area contributed by atoms with Crippen LogP contribution in [-0.2, 0) is 11.2 Å². The number of aryl methyl sites for hydroxylation is 1. The molecule has 1 aromatic carbocycles. The average Bonchev–Trinajstić information content (AvgIpc) is 3.28. The number of carboxylic acid groups (broad SMARTS) is 1. The van der Waals surface area contributed by atoms with Crippen molar-refractivity contribution in [3.63, 3.8) is 0 Å². The van der Waals surface area contributed by atoms with Crippen LogP contribution >= 0.6 is 11.8 Å². The van der Waals surface area contributed by atoms with Crippen LogP contribution in [0.15, 0.2) is 34.1 Å². The highest BCUT2D eigenvalue weighted by molar-refractivity contribution is 7.99. The third-order valence-electron chi connectivity index (χ3n) is 4.87. The molecule has 0 unspecified atom stereocenters. The summed E-state index contributed by atoms with van der Waals surface area (Å²) < 4.78 is 15.6. The molecular formula is C19H18FNO3S. The van der Waals surface area contributed by atoms with Crippen molar-refractivity contribution in [2.24, 2.45) is 0 Å². The number of carboxylic acids is 1. The predicted octanol–water partition coefficient (Wildman–Crippen LogP) is 3.50. The molecule has 1 atom stereocenters. The Bertz CT molecular complexity index is 933. The number of carbonyl (C=O) groups is 1. The number of hydrogen-bond donors (Lipinski definition) is 1. The van der Waals surface area contributed by atoms with Gasteiger partial charge in [-0.1, -0.05) is 17.7 Å². The monoisotopic (exact) mass is 359 g/mol. The first-order valence-electron chi connectivity index (χ1n) is 8.34. The first-order valence-corrected chi connectivity index (χ1v) is 9.33. The van der Waals surface area contributed by atoms with E-state index >= 15 is 0 Å². The Hall–Kier alpha value is -2.08. The minimum absolute atomic E-state index is 0.274. The van der Waals surface area contributed by atoms with Gasteiger partial charge in [0.2, 0.25) is 0 Å². The molecule has 1 aliphatic carbocycles. The second kappa shape index (κ2) is 6.02. The Morgan fingerprint density at radius 3 is 2.76 bits per heavy atom. The average molecular weight is 359 g/mol. The number of halogens is 1. The summed E-state index contributed by atoms with van der Waals surface area (Å²) in [6.07, 6.45) is 2.43. The van der Waals surface area contributed by atoms with Gasteiger partial charge in [-0.2, -0.15) is 0 Å². The Morgan fingerprint density at radius 1 is 1.32 bits per heavy atom. The summed E-state index contributed by atoms with van der Waals surface area (Å²) in [4.78, 5) is 24.0. The maximum Gasteiger partial charge on any atom is 0.327 e. The van der Waals surface area contributed by atoms with Crippen molar-refractivity contribution >= 4 is 17.7 Å². The molecule has 4 nitrogen and oxygen atoms in total. The van der Waals surface area contributed by atoms with Gasteiger partial charge in [0.15, 0.2) is 0 Å². The molecule has 1 aliphatic heterocycles. The molecule has 0 amide bonds. The third-order valence-corrected chi connectivity index (χ3v) is 6.05. The number of thioether (sulfide) groups is 1. The topological polar surface area (TPSA) is 59.3 Å². The van der Waals surface area contributed by atoms with Crippen molar-refractivity contribution < 1.29 is 14.3 Å². The Balaban J connectivity index is 1.84. The molecule has 0 saturated heterocycles. The quantitative estimate of drug-likeness (QED) is 0.908. The number of aliphatic carboxylic acids is 1. The Kier molecular flexibility index (Phi) is 3.95. The summed E-state index contributed by atoms with van der Waals surface area (Å²) in [7, 11) is 0. The van der Waals surface area contributed by atoms with Crippen LogP contribution in [0.2, 0.25) is 0 Å². The molecule has 0 bridgehead atoms. The van der Waals surface area contributed by atoms with E-state index in [1.807, 2.05) is 13.0 Å². The summed E-state index contributed by atoms with van der Waals surface area (Å²) in [5.74, 6) is -0.534. The van der Waals surface area contributed by atoms with E-state index in [2.05, 4.69) is 0 Å². The standard InChI is InChI=1S/C19H18FNO3S/c1-10-2-5-14(20)12(6-10)7-13-8-16(22)21-15(19(23)24)9-25-18(21)17(13)11-3-4-11/h2,5-6,8,11,15H,3-4,7,9H2,1H3,(H,23,24)/t15-/m0/s1. The number of aromatic nitrogens is 1. The molecule has 0 spiro atoms. The number of rotatable bonds is 4. The minimum atomic E-state index is -0.979. The van der Waals surface area contributed by atoms with E-state index in [9.17, 15) is 19.1 Å². The van der Waals surface area contributed by atoms with E-state index in [1.54, 1.807) is 6.07 Å². The maximum absolute atomic E-state index is 14.2. The van der Waals surface area contributed by atoms with Crippen molar-refractivity contribution in [2.45, 2.75) is 43.2 Å². The zero-order valence-electron chi connectivity index (χ0n) is 13.8. The van der Waals surface area contributed by atoms with Gasteiger partial charge in [0, 0.05) is 18.2 Å². The zero-order valence-corrected chi connectivity index (χ0v) is 14.6. The molecule has 1 fully saturated rings. The van der Waals surface area contributed by atoms with Crippen LogP contribution in [0.1, 0.15) is 47.1 Å². The summed E-state index contributed by atoms with van der Waals surface area (Å²) in [5, 5.41) is 10.1. The van der Waals surface area contributed by atoms with E-state index in [0.717, 1.165) is 34.6 Å². The lowest BCUT2D eigenvalue weighted by atomic mass is 9.97. The SMILES string of the molecule is Cc1ccc(F)c(Cc2cc(=O)n3c(c2C2CC2)SC[C@H]3C(=O)O)c1. The van der Waals surface area contributed by atoms with Gasteiger partial charge in [-0.3, -0.25) is 9.36 Å². The lowest BCUT2D eigenvalue weighted by Gasteiger charge is -2.16. The van der Waals surface area contributed by atoms with Crippen LogP contribution in [-0.4, -0.2) is 21.4 Å². The summed E-state index contributed by atoms with van der Waals surface area (Å²) in [5.41, 5.74) is 3.13. The molecule has 1 saturated carbocycles. The second-order valence-electron chi connectivity index (χ2n) is 6.81. The fourth-order valence-electron chi connectivity index (χ4n) is 3.52. The van der Waals surface area contributed by atoms with E-state index in [-0.39, 0.29) is 11.4 Å². The molecule has 1 aromatic heterocycles. The predicted molar refractivity (Wildman–Crippen MR) is 94.0 cm³/mol. The van der Waals surface area contributed by atoms with E-state index in [0.29, 0.717) is 23.7 Å². The number of hydrogen-bond acceptors (Lipinski definition) is 3. The highest BCUT2D eigenvalue weighted by Crippen LogP contribution is 2.48. The molecule has 25 heavy (non-hydrogen) atoms. The first-order chi connectivity index (χ1) is 12.0. The third kappa shape index (κ3) is 2.88. The number of benzene rings is 1.